The van der Waals surface area contributed by atoms with E-state index in [-0.39, 0.29) is 10.8 Å². The van der Waals surface area contributed by atoms with Crippen LogP contribution in [0.4, 0.5) is 0 Å². The molecule has 0 radical (unpaired) electrons. The van der Waals surface area contributed by atoms with Gasteiger partial charge >= 0.3 is 0 Å². The number of hydrazine groups is 1. The van der Waals surface area contributed by atoms with Crippen LogP contribution >= 0.6 is 23.4 Å². The molecule has 1 N–H and O–H groups in total. The number of halogens is 1. The lowest BCUT2D eigenvalue weighted by Gasteiger charge is -2.35. The van der Waals surface area contributed by atoms with Gasteiger partial charge in [0.25, 0.3) is 11.8 Å². The van der Waals surface area contributed by atoms with Crippen molar-refractivity contribution in [1.29, 1.82) is 0 Å². The molecule has 1 aromatic heterocycles. The van der Waals surface area contributed by atoms with Crippen LogP contribution in [0.25, 0.3) is 0 Å². The summed E-state index contributed by atoms with van der Waals surface area (Å²) in [6.07, 6.45) is 3.92. The summed E-state index contributed by atoms with van der Waals surface area (Å²) in [5.41, 5.74) is 3.16. The number of benzene rings is 1. The van der Waals surface area contributed by atoms with Gasteiger partial charge in [0, 0.05) is 11.1 Å². The highest BCUT2D eigenvalue weighted by Gasteiger charge is 2.32. The summed E-state index contributed by atoms with van der Waals surface area (Å²) in [6.45, 7) is 7.34. The Hall–Kier alpha value is -2.32. The van der Waals surface area contributed by atoms with Crippen LogP contribution in [0.15, 0.2) is 29.4 Å². The molecular weight excluding hydrogens is 412 g/mol. The minimum absolute atomic E-state index is 0.0184. The largest absolute Gasteiger partial charge is 0.496 e. The summed E-state index contributed by atoms with van der Waals surface area (Å²) >= 11 is 7.47. The number of amides is 2. The average molecular weight is 437 g/mol. The third kappa shape index (κ3) is 5.19. The molecule has 0 aliphatic rings. The first-order valence-corrected chi connectivity index (χ1v) is 10.6. The molecule has 0 bridgehead atoms. The maximum atomic E-state index is 13.2. The van der Waals surface area contributed by atoms with Gasteiger partial charge in [-0.25, -0.2) is 15.0 Å². The highest BCUT2D eigenvalue weighted by atomic mass is 35.5. The number of carbonyl (C=O) groups is 2. The zero-order valence-electron chi connectivity index (χ0n) is 17.4. The molecule has 9 heteroatoms. The summed E-state index contributed by atoms with van der Waals surface area (Å²) in [6, 6.07) is 5.23. The minimum atomic E-state index is -0.738. The van der Waals surface area contributed by atoms with E-state index in [1.54, 1.807) is 46.1 Å². The second-order valence-corrected chi connectivity index (χ2v) is 8.33. The van der Waals surface area contributed by atoms with E-state index in [2.05, 4.69) is 15.4 Å². The van der Waals surface area contributed by atoms with Crippen LogP contribution in [0.2, 0.25) is 5.15 Å². The summed E-state index contributed by atoms with van der Waals surface area (Å²) < 4.78 is 5.36. The molecule has 29 heavy (non-hydrogen) atoms. The van der Waals surface area contributed by atoms with Gasteiger partial charge in [0.2, 0.25) is 0 Å². The second-order valence-electron chi connectivity index (χ2n) is 7.14. The van der Waals surface area contributed by atoms with Crippen LogP contribution in [0.5, 0.6) is 5.75 Å². The van der Waals surface area contributed by atoms with Crippen molar-refractivity contribution in [2.75, 3.05) is 13.4 Å². The van der Waals surface area contributed by atoms with Crippen LogP contribution in [0.3, 0.4) is 0 Å². The van der Waals surface area contributed by atoms with Gasteiger partial charge in [0.15, 0.2) is 10.8 Å². The van der Waals surface area contributed by atoms with E-state index in [4.69, 9.17) is 16.3 Å². The van der Waals surface area contributed by atoms with Crippen molar-refractivity contribution in [3.05, 3.63) is 46.4 Å². The SMILES string of the molecule is CCc1c(OC)cccc1C(=O)NN(C(=O)c1nc(SC)cnc1Cl)C(C)(C)C. The number of nitrogens with zero attached hydrogens (tertiary/aromatic N) is 3. The molecule has 7 nitrogen and oxygen atoms in total. The van der Waals surface area contributed by atoms with Crippen molar-refractivity contribution >= 4 is 35.2 Å². The molecule has 0 saturated heterocycles. The number of ether oxygens (including phenoxy) is 1. The molecule has 0 unspecified atom stereocenters. The van der Waals surface area contributed by atoms with Gasteiger partial charge in [-0.1, -0.05) is 24.6 Å². The number of aromatic nitrogens is 2. The molecule has 0 saturated carbocycles. The maximum Gasteiger partial charge on any atom is 0.294 e. The molecule has 2 aromatic rings. The Morgan fingerprint density at radius 2 is 2.00 bits per heavy atom. The average Bonchev–Trinajstić information content (AvgIpc) is 2.70. The van der Waals surface area contributed by atoms with Crippen LogP contribution in [-0.4, -0.2) is 45.7 Å². The van der Waals surface area contributed by atoms with Gasteiger partial charge in [-0.05, 0) is 45.6 Å². The van der Waals surface area contributed by atoms with Crippen LogP contribution in [0, 0.1) is 0 Å². The predicted molar refractivity (Wildman–Crippen MR) is 115 cm³/mol. The van der Waals surface area contributed by atoms with Gasteiger partial charge < -0.3 is 4.74 Å². The highest BCUT2D eigenvalue weighted by molar-refractivity contribution is 7.98. The molecule has 1 aromatic carbocycles. The van der Waals surface area contributed by atoms with Crippen LogP contribution in [0.1, 0.15) is 54.1 Å². The zero-order chi connectivity index (χ0) is 21.8. The van der Waals surface area contributed by atoms with Crippen LogP contribution < -0.4 is 10.2 Å². The monoisotopic (exact) mass is 436 g/mol. The van der Waals surface area contributed by atoms with E-state index in [9.17, 15) is 9.59 Å². The summed E-state index contributed by atoms with van der Waals surface area (Å²) in [4.78, 5) is 34.6. The number of nitrogens with one attached hydrogen (secondary N) is 1. The lowest BCUT2D eigenvalue weighted by molar-refractivity contribution is 0.0352. The van der Waals surface area contributed by atoms with E-state index in [0.717, 1.165) is 5.56 Å². The van der Waals surface area contributed by atoms with Gasteiger partial charge in [0.05, 0.1) is 18.8 Å². The van der Waals surface area contributed by atoms with Crippen molar-refractivity contribution in [2.45, 2.75) is 44.7 Å². The Morgan fingerprint density at radius 3 is 2.55 bits per heavy atom. The van der Waals surface area contributed by atoms with Crippen molar-refractivity contribution in [1.82, 2.24) is 20.4 Å². The Kier molecular flexibility index (Phi) is 7.48. The highest BCUT2D eigenvalue weighted by Crippen LogP contribution is 2.24. The number of hydrogen-bond donors (Lipinski definition) is 1. The summed E-state index contributed by atoms with van der Waals surface area (Å²) in [5, 5.41) is 1.76. The van der Waals surface area contributed by atoms with Crippen molar-refractivity contribution in [3.8, 4) is 5.75 Å². The van der Waals surface area contributed by atoms with Crippen molar-refractivity contribution < 1.29 is 14.3 Å². The molecule has 1 heterocycles. The van der Waals surface area contributed by atoms with Crippen LogP contribution in [-0.2, 0) is 6.42 Å². The number of hydrogen-bond acceptors (Lipinski definition) is 6. The quantitative estimate of drug-likeness (QED) is 0.563. The van der Waals surface area contributed by atoms with Gasteiger partial charge in [0.1, 0.15) is 10.8 Å². The maximum absolute atomic E-state index is 13.2. The van der Waals surface area contributed by atoms with Crippen molar-refractivity contribution in [2.24, 2.45) is 0 Å². The fourth-order valence-electron chi connectivity index (χ4n) is 2.72. The smallest absolute Gasteiger partial charge is 0.294 e. The lowest BCUT2D eigenvalue weighted by Crippen LogP contribution is -2.56. The minimum Gasteiger partial charge on any atom is -0.496 e. The number of methoxy groups -OCH3 is 1. The van der Waals surface area contributed by atoms with E-state index >= 15 is 0 Å². The van der Waals surface area contributed by atoms with E-state index in [1.165, 1.54) is 23.0 Å². The Balaban J connectivity index is 2.43. The van der Waals surface area contributed by atoms with Gasteiger partial charge in [-0.2, -0.15) is 0 Å². The third-order valence-electron chi connectivity index (χ3n) is 4.16. The fraction of sp³-hybridized carbons (Fsp3) is 0.400. The number of thioether (sulfide) groups is 1. The normalized spacial score (nSPS) is 11.1. The van der Waals surface area contributed by atoms with E-state index < -0.39 is 17.4 Å². The molecule has 156 valence electrons. The standard InChI is InChI=1S/C20H25ClN4O3S/c1-7-12-13(9-8-10-14(12)28-5)18(26)24-25(20(2,3)4)19(27)16-17(21)22-11-15(23-16)29-6/h8-11H,7H2,1-6H3,(H,24,26). The fourth-order valence-corrected chi connectivity index (χ4v) is 3.23. The lowest BCUT2D eigenvalue weighted by atomic mass is 10.0. The van der Waals surface area contributed by atoms with Gasteiger partial charge in [-0.15, -0.1) is 11.8 Å². The topological polar surface area (TPSA) is 84.4 Å². The van der Waals surface area contributed by atoms with E-state index in [0.29, 0.717) is 22.8 Å². The Bertz CT molecular complexity index is 915. The van der Waals surface area contributed by atoms with E-state index in [1.807, 2.05) is 13.2 Å². The first-order chi connectivity index (χ1) is 13.6. The predicted octanol–water partition coefficient (Wildman–Crippen LogP) is 4.01. The Labute approximate surface area is 180 Å². The molecular formula is C20H25ClN4O3S. The first kappa shape index (κ1) is 23.0. The molecule has 0 aliphatic heterocycles. The zero-order valence-corrected chi connectivity index (χ0v) is 18.9. The molecule has 0 fully saturated rings. The molecule has 0 atom stereocenters. The third-order valence-corrected chi connectivity index (χ3v) is 5.05. The number of rotatable bonds is 5. The summed E-state index contributed by atoms with van der Waals surface area (Å²) in [5.74, 6) is -0.343. The molecule has 2 rings (SSSR count). The second kappa shape index (κ2) is 9.45. The van der Waals surface area contributed by atoms with Crippen molar-refractivity contribution in [3.63, 3.8) is 0 Å². The van der Waals surface area contributed by atoms with Gasteiger partial charge in [-0.3, -0.25) is 15.0 Å². The first-order valence-electron chi connectivity index (χ1n) is 9.02. The molecule has 2 amide bonds. The molecule has 0 aliphatic carbocycles. The summed E-state index contributed by atoms with van der Waals surface area (Å²) in [7, 11) is 1.56. The molecule has 0 spiro atoms. The number of carbonyl (C=O) groups excluding carboxylic acids is 2. The Morgan fingerprint density at radius 1 is 1.31 bits per heavy atom.